The van der Waals surface area contributed by atoms with Crippen molar-refractivity contribution in [2.75, 3.05) is 11.9 Å². The Labute approximate surface area is 154 Å². The first-order chi connectivity index (χ1) is 12.6. The molecule has 2 heterocycles. The molecule has 0 saturated heterocycles. The third-order valence-electron chi connectivity index (χ3n) is 5.57. The summed E-state index contributed by atoms with van der Waals surface area (Å²) in [6.45, 7) is 2.93. The number of aryl methyl sites for hydroxylation is 1. The summed E-state index contributed by atoms with van der Waals surface area (Å²) in [5.74, 6) is 0.303. The van der Waals surface area contributed by atoms with Crippen LogP contribution in [0.3, 0.4) is 0 Å². The highest BCUT2D eigenvalue weighted by molar-refractivity contribution is 5.99. The Morgan fingerprint density at radius 1 is 1.19 bits per heavy atom. The van der Waals surface area contributed by atoms with Crippen LogP contribution in [-0.4, -0.2) is 23.3 Å². The van der Waals surface area contributed by atoms with Gasteiger partial charge in [-0.3, -0.25) is 9.59 Å². The van der Waals surface area contributed by atoms with E-state index in [0.29, 0.717) is 12.8 Å². The van der Waals surface area contributed by atoms with Gasteiger partial charge in [-0.1, -0.05) is 36.4 Å². The molecule has 2 aromatic carbocycles. The zero-order chi connectivity index (χ0) is 18.1. The molecule has 4 nitrogen and oxygen atoms in total. The van der Waals surface area contributed by atoms with Gasteiger partial charge in [-0.05, 0) is 54.5 Å². The number of hydrogen-bond donors (Lipinski definition) is 1. The second kappa shape index (κ2) is 6.94. The lowest BCUT2D eigenvalue weighted by Gasteiger charge is -2.35. The van der Waals surface area contributed by atoms with Crippen LogP contribution in [0.1, 0.15) is 48.1 Å². The zero-order valence-electron chi connectivity index (χ0n) is 15.1. The molecule has 2 amide bonds. The van der Waals surface area contributed by atoms with Crippen molar-refractivity contribution in [1.29, 1.82) is 0 Å². The average Bonchev–Trinajstić information content (AvgIpc) is 3.01. The van der Waals surface area contributed by atoms with Crippen molar-refractivity contribution in [3.05, 3.63) is 64.7 Å². The van der Waals surface area contributed by atoms with Gasteiger partial charge in [0.25, 0.3) is 0 Å². The molecule has 134 valence electrons. The summed E-state index contributed by atoms with van der Waals surface area (Å²) < 4.78 is 0. The van der Waals surface area contributed by atoms with Crippen molar-refractivity contribution in [3.63, 3.8) is 0 Å². The van der Waals surface area contributed by atoms with Crippen LogP contribution in [0.5, 0.6) is 0 Å². The van der Waals surface area contributed by atoms with Crippen molar-refractivity contribution in [1.82, 2.24) is 4.90 Å². The number of carbonyl (C=O) groups excluding carboxylic acids is 2. The highest BCUT2D eigenvalue weighted by atomic mass is 16.2. The maximum Gasteiger partial charge on any atom is 0.228 e. The van der Waals surface area contributed by atoms with Crippen LogP contribution in [-0.2, 0) is 28.9 Å². The smallest absolute Gasteiger partial charge is 0.228 e. The van der Waals surface area contributed by atoms with Crippen LogP contribution in [0.25, 0.3) is 0 Å². The Bertz CT molecular complexity index is 859. The third-order valence-corrected chi connectivity index (χ3v) is 5.57. The van der Waals surface area contributed by atoms with Gasteiger partial charge in [-0.25, -0.2) is 0 Å². The van der Waals surface area contributed by atoms with Gasteiger partial charge in [0.05, 0.1) is 12.5 Å². The van der Waals surface area contributed by atoms with Gasteiger partial charge in [-0.2, -0.15) is 0 Å². The second-order valence-corrected chi connectivity index (χ2v) is 7.28. The first-order valence-corrected chi connectivity index (χ1v) is 9.41. The van der Waals surface area contributed by atoms with E-state index in [9.17, 15) is 9.59 Å². The first-order valence-electron chi connectivity index (χ1n) is 9.41. The van der Waals surface area contributed by atoms with Crippen LogP contribution in [0.15, 0.2) is 42.5 Å². The van der Waals surface area contributed by atoms with E-state index in [-0.39, 0.29) is 17.9 Å². The van der Waals surface area contributed by atoms with Crippen LogP contribution in [0.4, 0.5) is 5.69 Å². The Morgan fingerprint density at radius 2 is 2.04 bits per heavy atom. The number of rotatable bonds is 4. The number of nitrogens with zero attached hydrogens (tertiary/aromatic N) is 1. The molecule has 0 saturated carbocycles. The summed E-state index contributed by atoms with van der Waals surface area (Å²) in [5.41, 5.74) is 5.84. The summed E-state index contributed by atoms with van der Waals surface area (Å²) >= 11 is 0. The second-order valence-electron chi connectivity index (χ2n) is 7.28. The lowest BCUT2D eigenvalue weighted by molar-refractivity contribution is -0.133. The van der Waals surface area contributed by atoms with Crippen LogP contribution < -0.4 is 5.32 Å². The van der Waals surface area contributed by atoms with Gasteiger partial charge >= 0.3 is 0 Å². The molecule has 26 heavy (non-hydrogen) atoms. The van der Waals surface area contributed by atoms with Gasteiger partial charge in [0.15, 0.2) is 0 Å². The number of carbonyl (C=O) groups is 2. The minimum absolute atomic E-state index is 0.0618. The normalized spacial score (nSPS) is 18.3. The third kappa shape index (κ3) is 3.24. The van der Waals surface area contributed by atoms with Gasteiger partial charge in [0, 0.05) is 18.7 Å². The summed E-state index contributed by atoms with van der Waals surface area (Å²) in [6, 6.07) is 14.7. The first kappa shape index (κ1) is 16.8. The van der Waals surface area contributed by atoms with Crippen LogP contribution in [0, 0.1) is 0 Å². The van der Waals surface area contributed by atoms with Crippen LogP contribution in [0.2, 0.25) is 0 Å². The fourth-order valence-electron chi connectivity index (χ4n) is 4.14. The quantitative estimate of drug-likeness (QED) is 0.917. The lowest BCUT2D eigenvalue weighted by atomic mass is 9.93. The van der Waals surface area contributed by atoms with Crippen molar-refractivity contribution in [3.8, 4) is 0 Å². The highest BCUT2D eigenvalue weighted by Crippen LogP contribution is 2.30. The number of anilines is 1. The molecule has 0 radical (unpaired) electrons. The van der Waals surface area contributed by atoms with E-state index in [1.165, 1.54) is 16.7 Å². The molecule has 2 aliphatic rings. The molecular weight excluding hydrogens is 324 g/mol. The molecule has 4 heteroatoms. The zero-order valence-corrected chi connectivity index (χ0v) is 15.1. The molecule has 0 fully saturated rings. The molecule has 0 bridgehead atoms. The topological polar surface area (TPSA) is 49.4 Å². The van der Waals surface area contributed by atoms with Gasteiger partial charge in [0.2, 0.25) is 11.8 Å². The minimum Gasteiger partial charge on any atom is -0.336 e. The van der Waals surface area contributed by atoms with E-state index in [4.69, 9.17) is 0 Å². The number of amides is 2. The summed E-state index contributed by atoms with van der Waals surface area (Å²) in [5, 5.41) is 2.86. The largest absolute Gasteiger partial charge is 0.336 e. The molecule has 1 atom stereocenters. The van der Waals surface area contributed by atoms with Crippen molar-refractivity contribution in [2.24, 2.45) is 0 Å². The number of hydrogen-bond acceptors (Lipinski definition) is 2. The number of nitrogens with one attached hydrogen (secondary N) is 1. The molecule has 0 spiro atoms. The number of benzene rings is 2. The Balaban J connectivity index is 1.34. The van der Waals surface area contributed by atoms with E-state index in [1.807, 2.05) is 11.0 Å². The molecule has 2 aliphatic heterocycles. The Morgan fingerprint density at radius 3 is 2.92 bits per heavy atom. The van der Waals surface area contributed by atoms with E-state index >= 15 is 0 Å². The fourth-order valence-corrected chi connectivity index (χ4v) is 4.14. The van der Waals surface area contributed by atoms with E-state index in [0.717, 1.165) is 37.1 Å². The van der Waals surface area contributed by atoms with E-state index in [1.54, 1.807) is 0 Å². The number of fused-ring (bicyclic) bond motifs is 2. The van der Waals surface area contributed by atoms with Crippen molar-refractivity contribution >= 4 is 17.5 Å². The van der Waals surface area contributed by atoms with Gasteiger partial charge in [0.1, 0.15) is 0 Å². The van der Waals surface area contributed by atoms with Crippen LogP contribution >= 0.6 is 0 Å². The van der Waals surface area contributed by atoms with E-state index in [2.05, 4.69) is 48.6 Å². The molecular formula is C22H24N2O2. The van der Waals surface area contributed by atoms with E-state index < -0.39 is 0 Å². The maximum atomic E-state index is 12.7. The van der Waals surface area contributed by atoms with Gasteiger partial charge in [-0.15, -0.1) is 0 Å². The predicted octanol–water partition coefficient (Wildman–Crippen LogP) is 3.65. The van der Waals surface area contributed by atoms with Crippen molar-refractivity contribution < 1.29 is 9.59 Å². The summed E-state index contributed by atoms with van der Waals surface area (Å²) in [7, 11) is 0. The maximum absolute atomic E-state index is 12.7. The lowest BCUT2D eigenvalue weighted by Crippen LogP contribution is -2.38. The Hall–Kier alpha value is -2.62. The summed E-state index contributed by atoms with van der Waals surface area (Å²) in [4.78, 5) is 26.2. The fraction of sp³-hybridized carbons (Fsp3) is 0.364. The molecule has 2 aromatic rings. The summed E-state index contributed by atoms with van der Waals surface area (Å²) in [6.07, 6.45) is 3.68. The Kier molecular flexibility index (Phi) is 4.49. The average molecular weight is 348 g/mol. The molecule has 1 unspecified atom stereocenters. The highest BCUT2D eigenvalue weighted by Gasteiger charge is 2.26. The molecule has 4 rings (SSSR count). The van der Waals surface area contributed by atoms with Gasteiger partial charge < -0.3 is 10.2 Å². The molecule has 1 N–H and O–H groups in total. The standard InChI is InChI=1S/C22H24N2O2/c1-15-19-7-3-2-6-17(19)11-12-24(15)22(26)8-4-5-16-9-10-20-18(13-16)14-21(25)23-20/h2-3,6-7,9-10,13,15H,4-5,8,11-12,14H2,1H3,(H,23,25). The monoisotopic (exact) mass is 348 g/mol. The van der Waals surface area contributed by atoms with Crippen molar-refractivity contribution in [2.45, 2.75) is 45.1 Å². The molecule has 0 aromatic heterocycles. The predicted molar refractivity (Wildman–Crippen MR) is 102 cm³/mol. The minimum atomic E-state index is 0.0618. The SMILES string of the molecule is CC1c2ccccc2CCN1C(=O)CCCc1ccc2c(c1)CC(=O)N2. The molecule has 0 aliphatic carbocycles.